The van der Waals surface area contributed by atoms with E-state index in [1.165, 1.54) is 0 Å². The van der Waals surface area contributed by atoms with Gasteiger partial charge in [0.25, 0.3) is 0 Å². The van der Waals surface area contributed by atoms with Gasteiger partial charge in [-0.2, -0.15) is 0 Å². The second-order valence-corrected chi connectivity index (χ2v) is 5.44. The third kappa shape index (κ3) is 3.44. The highest BCUT2D eigenvalue weighted by Crippen LogP contribution is 2.18. The maximum Gasteiger partial charge on any atom is 0.317 e. The summed E-state index contributed by atoms with van der Waals surface area (Å²) in [6.45, 7) is 5.43. The van der Waals surface area contributed by atoms with Crippen molar-refractivity contribution in [1.82, 2.24) is 15.2 Å². The number of hydrogen-bond acceptors (Lipinski definition) is 4. The number of nitrogens with one attached hydrogen (secondary N) is 1. The molecular formula is C15H22N4O2. The van der Waals surface area contributed by atoms with E-state index in [1.54, 1.807) is 6.20 Å². The van der Waals surface area contributed by atoms with Gasteiger partial charge in [-0.05, 0) is 18.9 Å². The van der Waals surface area contributed by atoms with E-state index < -0.39 is 0 Å². The predicted octanol–water partition coefficient (Wildman–Crippen LogP) is 1.22. The first-order valence-corrected chi connectivity index (χ1v) is 7.64. The molecule has 0 aliphatic carbocycles. The minimum Gasteiger partial charge on any atom is -0.378 e. The van der Waals surface area contributed by atoms with Gasteiger partial charge in [-0.15, -0.1) is 0 Å². The average molecular weight is 290 g/mol. The Bertz CT molecular complexity index is 482. The molecule has 2 fully saturated rings. The lowest BCUT2D eigenvalue weighted by Gasteiger charge is -2.29. The summed E-state index contributed by atoms with van der Waals surface area (Å²) in [6.07, 6.45) is 4.02. The van der Waals surface area contributed by atoms with Gasteiger partial charge in [0.05, 0.1) is 13.2 Å². The molecular weight excluding hydrogens is 268 g/mol. The number of ether oxygens (including phenoxy) is 1. The van der Waals surface area contributed by atoms with Crippen LogP contribution in [0.25, 0.3) is 0 Å². The molecule has 6 nitrogen and oxygen atoms in total. The molecule has 114 valence electrons. The molecule has 0 atom stereocenters. The lowest BCUT2D eigenvalue weighted by molar-refractivity contribution is 0.122. The van der Waals surface area contributed by atoms with E-state index in [0.29, 0.717) is 6.54 Å². The van der Waals surface area contributed by atoms with E-state index in [4.69, 9.17) is 4.74 Å². The summed E-state index contributed by atoms with van der Waals surface area (Å²) in [5, 5.41) is 3.01. The van der Waals surface area contributed by atoms with Crippen molar-refractivity contribution >= 4 is 11.8 Å². The third-order valence-electron chi connectivity index (χ3n) is 4.00. The summed E-state index contributed by atoms with van der Waals surface area (Å²) in [7, 11) is 0. The predicted molar refractivity (Wildman–Crippen MR) is 80.3 cm³/mol. The topological polar surface area (TPSA) is 57.7 Å². The largest absolute Gasteiger partial charge is 0.378 e. The van der Waals surface area contributed by atoms with E-state index >= 15 is 0 Å². The van der Waals surface area contributed by atoms with Crippen molar-refractivity contribution in [2.75, 3.05) is 44.3 Å². The number of rotatable bonds is 3. The van der Waals surface area contributed by atoms with Crippen LogP contribution in [-0.2, 0) is 11.3 Å². The highest BCUT2D eigenvalue weighted by molar-refractivity contribution is 5.74. The number of carbonyl (C=O) groups is 1. The number of urea groups is 1. The number of hydrogen-bond donors (Lipinski definition) is 1. The van der Waals surface area contributed by atoms with E-state index in [1.807, 2.05) is 17.0 Å². The number of aromatic nitrogens is 1. The quantitative estimate of drug-likeness (QED) is 0.909. The monoisotopic (exact) mass is 290 g/mol. The van der Waals surface area contributed by atoms with Crippen LogP contribution < -0.4 is 10.2 Å². The summed E-state index contributed by atoms with van der Waals surface area (Å²) >= 11 is 0. The summed E-state index contributed by atoms with van der Waals surface area (Å²) in [6, 6.07) is 3.98. The summed E-state index contributed by atoms with van der Waals surface area (Å²) in [5.41, 5.74) is 1.06. The lowest BCUT2D eigenvalue weighted by atomic mass is 10.2. The lowest BCUT2D eigenvalue weighted by Crippen LogP contribution is -2.39. The first-order chi connectivity index (χ1) is 10.3. The average Bonchev–Trinajstić information content (AvgIpc) is 3.08. The number of likely N-dealkylation sites (tertiary alicyclic amines) is 1. The summed E-state index contributed by atoms with van der Waals surface area (Å²) < 4.78 is 5.38. The maximum absolute atomic E-state index is 12.1. The van der Waals surface area contributed by atoms with Gasteiger partial charge in [-0.1, -0.05) is 6.07 Å². The van der Waals surface area contributed by atoms with Crippen molar-refractivity contribution in [2.45, 2.75) is 19.4 Å². The van der Waals surface area contributed by atoms with Crippen molar-refractivity contribution in [3.8, 4) is 0 Å². The van der Waals surface area contributed by atoms with Crippen LogP contribution in [0.2, 0.25) is 0 Å². The Labute approximate surface area is 125 Å². The Morgan fingerprint density at radius 1 is 1.24 bits per heavy atom. The number of anilines is 1. The van der Waals surface area contributed by atoms with Gasteiger partial charge in [-0.25, -0.2) is 9.78 Å². The standard InChI is InChI=1S/C15H22N4O2/c20-15(19-6-1-2-7-19)17-12-13-4-3-5-16-14(13)18-8-10-21-11-9-18/h3-5H,1-2,6-12H2,(H,17,20). The van der Waals surface area contributed by atoms with Crippen molar-refractivity contribution in [3.63, 3.8) is 0 Å². The molecule has 2 saturated heterocycles. The van der Waals surface area contributed by atoms with Crippen LogP contribution in [0.3, 0.4) is 0 Å². The molecule has 0 unspecified atom stereocenters. The van der Waals surface area contributed by atoms with Crippen LogP contribution in [-0.4, -0.2) is 55.3 Å². The zero-order valence-electron chi connectivity index (χ0n) is 12.3. The second kappa shape index (κ2) is 6.76. The zero-order chi connectivity index (χ0) is 14.5. The van der Waals surface area contributed by atoms with Gasteiger partial charge in [0.2, 0.25) is 0 Å². The molecule has 3 heterocycles. The molecule has 2 amide bonds. The maximum atomic E-state index is 12.1. The zero-order valence-corrected chi connectivity index (χ0v) is 12.3. The molecule has 21 heavy (non-hydrogen) atoms. The van der Waals surface area contributed by atoms with Gasteiger partial charge >= 0.3 is 6.03 Å². The van der Waals surface area contributed by atoms with Crippen molar-refractivity contribution in [2.24, 2.45) is 0 Å². The number of carbonyl (C=O) groups excluding carboxylic acids is 1. The minimum atomic E-state index is 0.0317. The third-order valence-corrected chi connectivity index (χ3v) is 4.00. The highest BCUT2D eigenvalue weighted by Gasteiger charge is 2.19. The highest BCUT2D eigenvalue weighted by atomic mass is 16.5. The van der Waals surface area contributed by atoms with Gasteiger partial charge in [-0.3, -0.25) is 0 Å². The van der Waals surface area contributed by atoms with Crippen LogP contribution in [0.4, 0.5) is 10.6 Å². The Hall–Kier alpha value is -1.82. The fraction of sp³-hybridized carbons (Fsp3) is 0.600. The molecule has 2 aliphatic rings. The normalized spacial score (nSPS) is 18.9. The molecule has 1 aromatic heterocycles. The van der Waals surface area contributed by atoms with Gasteiger partial charge < -0.3 is 19.9 Å². The van der Waals surface area contributed by atoms with Crippen molar-refractivity contribution < 1.29 is 9.53 Å². The smallest absolute Gasteiger partial charge is 0.317 e. The first kappa shape index (κ1) is 14.1. The Morgan fingerprint density at radius 2 is 2.00 bits per heavy atom. The van der Waals surface area contributed by atoms with Crippen molar-refractivity contribution in [1.29, 1.82) is 0 Å². The van der Waals surface area contributed by atoms with E-state index in [-0.39, 0.29) is 6.03 Å². The van der Waals surface area contributed by atoms with Crippen LogP contribution in [0, 0.1) is 0 Å². The summed E-state index contributed by atoms with van der Waals surface area (Å²) in [5.74, 6) is 0.961. The van der Waals surface area contributed by atoms with Gasteiger partial charge in [0.15, 0.2) is 0 Å². The SMILES string of the molecule is O=C(NCc1cccnc1N1CCOCC1)N1CCCC1. The Morgan fingerprint density at radius 3 is 2.76 bits per heavy atom. The van der Waals surface area contributed by atoms with Crippen LogP contribution >= 0.6 is 0 Å². The van der Waals surface area contributed by atoms with E-state index in [9.17, 15) is 4.79 Å². The molecule has 0 saturated carbocycles. The molecule has 0 bridgehead atoms. The Balaban J connectivity index is 1.63. The number of morpholine rings is 1. The fourth-order valence-corrected chi connectivity index (χ4v) is 2.83. The first-order valence-electron chi connectivity index (χ1n) is 7.64. The molecule has 1 aromatic rings. The minimum absolute atomic E-state index is 0.0317. The second-order valence-electron chi connectivity index (χ2n) is 5.44. The number of nitrogens with zero attached hydrogens (tertiary/aromatic N) is 3. The number of amides is 2. The molecule has 0 radical (unpaired) electrons. The van der Waals surface area contributed by atoms with E-state index in [0.717, 1.165) is 63.6 Å². The summed E-state index contributed by atoms with van der Waals surface area (Å²) in [4.78, 5) is 20.7. The molecule has 1 N–H and O–H groups in total. The van der Waals surface area contributed by atoms with Crippen molar-refractivity contribution in [3.05, 3.63) is 23.9 Å². The molecule has 3 rings (SSSR count). The van der Waals surface area contributed by atoms with Crippen LogP contribution in [0.5, 0.6) is 0 Å². The Kier molecular flexibility index (Phi) is 4.55. The van der Waals surface area contributed by atoms with Crippen LogP contribution in [0.15, 0.2) is 18.3 Å². The van der Waals surface area contributed by atoms with Crippen LogP contribution in [0.1, 0.15) is 18.4 Å². The molecule has 0 spiro atoms. The molecule has 2 aliphatic heterocycles. The fourth-order valence-electron chi connectivity index (χ4n) is 2.83. The van der Waals surface area contributed by atoms with Gasteiger partial charge in [0, 0.05) is 44.5 Å². The molecule has 0 aromatic carbocycles. The number of pyridine rings is 1. The van der Waals surface area contributed by atoms with E-state index in [2.05, 4.69) is 15.2 Å². The van der Waals surface area contributed by atoms with Gasteiger partial charge in [0.1, 0.15) is 5.82 Å². The molecule has 6 heteroatoms.